The van der Waals surface area contributed by atoms with Crippen LogP contribution in [-0.2, 0) is 6.54 Å². The van der Waals surface area contributed by atoms with Crippen LogP contribution >= 0.6 is 24.0 Å². The van der Waals surface area contributed by atoms with Gasteiger partial charge in [-0.05, 0) is 37.1 Å². The fourth-order valence-corrected chi connectivity index (χ4v) is 2.18. The van der Waals surface area contributed by atoms with Crippen LogP contribution in [0.2, 0.25) is 0 Å². The summed E-state index contributed by atoms with van der Waals surface area (Å²) in [7, 11) is 0. The predicted molar refractivity (Wildman–Crippen MR) is 109 cm³/mol. The summed E-state index contributed by atoms with van der Waals surface area (Å²) in [6.45, 7) is 6.70. The molecule has 0 aliphatic rings. The second kappa shape index (κ2) is 11.8. The van der Waals surface area contributed by atoms with E-state index in [4.69, 9.17) is 0 Å². The summed E-state index contributed by atoms with van der Waals surface area (Å²) in [4.78, 5) is 8.98. The molecule has 0 radical (unpaired) electrons. The highest BCUT2D eigenvalue weighted by molar-refractivity contribution is 14.0. The normalized spacial score (nSPS) is 11.0. The summed E-state index contributed by atoms with van der Waals surface area (Å²) in [6.07, 6.45) is 9.06. The van der Waals surface area contributed by atoms with Crippen molar-refractivity contribution < 1.29 is 0 Å². The molecule has 7 heteroatoms. The Kier molecular flexibility index (Phi) is 10.1. The zero-order valence-electron chi connectivity index (χ0n) is 14.4. The van der Waals surface area contributed by atoms with Gasteiger partial charge in [0.15, 0.2) is 11.8 Å². The molecule has 6 nitrogen and oxygen atoms in total. The van der Waals surface area contributed by atoms with E-state index in [1.807, 2.05) is 24.4 Å². The number of pyridine rings is 1. The molecule has 2 aromatic heterocycles. The summed E-state index contributed by atoms with van der Waals surface area (Å²) >= 11 is 0. The lowest BCUT2D eigenvalue weighted by atomic mass is 10.2. The third-order valence-corrected chi connectivity index (χ3v) is 3.39. The zero-order valence-corrected chi connectivity index (χ0v) is 16.7. The molecular formula is C17H27IN6. The molecule has 0 spiro atoms. The van der Waals surface area contributed by atoms with Crippen LogP contribution in [0.4, 0.5) is 0 Å². The van der Waals surface area contributed by atoms with Crippen molar-refractivity contribution in [2.45, 2.75) is 39.7 Å². The summed E-state index contributed by atoms with van der Waals surface area (Å²) in [5.41, 5.74) is 1.11. The number of aromatic nitrogens is 3. The largest absolute Gasteiger partial charge is 0.357 e. The van der Waals surface area contributed by atoms with Crippen LogP contribution in [0.3, 0.4) is 0 Å². The highest BCUT2D eigenvalue weighted by atomic mass is 127. The van der Waals surface area contributed by atoms with Crippen molar-refractivity contribution in [2.75, 3.05) is 13.1 Å². The van der Waals surface area contributed by atoms with Crippen molar-refractivity contribution in [3.63, 3.8) is 0 Å². The smallest absolute Gasteiger partial charge is 0.191 e. The van der Waals surface area contributed by atoms with Gasteiger partial charge in [-0.1, -0.05) is 19.8 Å². The molecule has 0 saturated heterocycles. The molecule has 0 fully saturated rings. The van der Waals surface area contributed by atoms with Crippen molar-refractivity contribution in [1.82, 2.24) is 25.4 Å². The number of unbranched alkanes of at least 4 members (excludes halogenated alkanes) is 2. The quantitative estimate of drug-likeness (QED) is 0.285. The fourth-order valence-electron chi connectivity index (χ4n) is 2.18. The minimum atomic E-state index is 0. The van der Waals surface area contributed by atoms with Crippen LogP contribution in [0.25, 0.3) is 5.82 Å². The highest BCUT2D eigenvalue weighted by Gasteiger charge is 2.01. The van der Waals surface area contributed by atoms with E-state index in [2.05, 4.69) is 39.6 Å². The van der Waals surface area contributed by atoms with Crippen LogP contribution in [0.15, 0.2) is 41.8 Å². The Hall–Kier alpha value is -1.64. The number of aliphatic imine (C=N–C) groups is 1. The van der Waals surface area contributed by atoms with Gasteiger partial charge in [0.1, 0.15) is 0 Å². The lowest BCUT2D eigenvalue weighted by Gasteiger charge is -2.11. The molecule has 0 aliphatic heterocycles. The molecule has 0 aliphatic carbocycles. The van der Waals surface area contributed by atoms with Crippen LogP contribution in [0.5, 0.6) is 0 Å². The van der Waals surface area contributed by atoms with Crippen LogP contribution < -0.4 is 10.6 Å². The average molecular weight is 442 g/mol. The first kappa shape index (κ1) is 20.4. The molecule has 24 heavy (non-hydrogen) atoms. The van der Waals surface area contributed by atoms with Gasteiger partial charge in [0.25, 0.3) is 0 Å². The summed E-state index contributed by atoms with van der Waals surface area (Å²) in [6, 6.07) is 5.88. The molecule has 0 aromatic carbocycles. The number of hydrogen-bond acceptors (Lipinski definition) is 3. The maximum absolute atomic E-state index is 4.64. The van der Waals surface area contributed by atoms with Gasteiger partial charge in [0.05, 0.1) is 6.54 Å². The maximum Gasteiger partial charge on any atom is 0.191 e. The number of nitrogens with zero attached hydrogens (tertiary/aromatic N) is 4. The lowest BCUT2D eigenvalue weighted by Crippen LogP contribution is -2.37. The fraction of sp³-hybridized carbons (Fsp3) is 0.471. The van der Waals surface area contributed by atoms with Gasteiger partial charge < -0.3 is 10.6 Å². The molecule has 2 heterocycles. The van der Waals surface area contributed by atoms with Crippen molar-refractivity contribution in [1.29, 1.82) is 0 Å². The second-order valence-electron chi connectivity index (χ2n) is 5.30. The van der Waals surface area contributed by atoms with E-state index in [1.165, 1.54) is 19.3 Å². The molecule has 0 bridgehead atoms. The Balaban J connectivity index is 0.00000288. The van der Waals surface area contributed by atoms with E-state index in [0.29, 0.717) is 6.54 Å². The molecule has 132 valence electrons. The first-order valence-electron chi connectivity index (χ1n) is 8.30. The summed E-state index contributed by atoms with van der Waals surface area (Å²) in [5.74, 6) is 1.67. The van der Waals surface area contributed by atoms with E-state index in [-0.39, 0.29) is 24.0 Å². The third-order valence-electron chi connectivity index (χ3n) is 3.39. The number of hydrogen-bond donors (Lipinski definition) is 2. The van der Waals surface area contributed by atoms with Gasteiger partial charge in [-0.2, -0.15) is 5.10 Å². The van der Waals surface area contributed by atoms with Gasteiger partial charge >= 0.3 is 0 Å². The van der Waals surface area contributed by atoms with Gasteiger partial charge in [-0.3, -0.25) is 0 Å². The SMILES string of the molecule is CCCCCNC(=NCc1ccnc(-n2cccn2)c1)NCC.I. The average Bonchev–Trinajstić information content (AvgIpc) is 3.11. The Morgan fingerprint density at radius 1 is 1.21 bits per heavy atom. The van der Waals surface area contributed by atoms with Crippen LogP contribution in [0.1, 0.15) is 38.7 Å². The van der Waals surface area contributed by atoms with E-state index in [0.717, 1.165) is 30.4 Å². The maximum atomic E-state index is 4.64. The molecule has 0 saturated carbocycles. The number of guanidine groups is 1. The molecule has 0 unspecified atom stereocenters. The van der Waals surface area contributed by atoms with Crippen LogP contribution in [-0.4, -0.2) is 33.8 Å². The van der Waals surface area contributed by atoms with E-state index in [1.54, 1.807) is 17.1 Å². The molecule has 0 atom stereocenters. The monoisotopic (exact) mass is 442 g/mol. The third kappa shape index (κ3) is 6.86. The van der Waals surface area contributed by atoms with Gasteiger partial charge in [0.2, 0.25) is 0 Å². The van der Waals surface area contributed by atoms with E-state index >= 15 is 0 Å². The van der Waals surface area contributed by atoms with Crippen molar-refractivity contribution in [3.05, 3.63) is 42.4 Å². The van der Waals surface area contributed by atoms with Crippen molar-refractivity contribution in [2.24, 2.45) is 4.99 Å². The number of nitrogens with one attached hydrogen (secondary N) is 2. The van der Waals surface area contributed by atoms with Gasteiger partial charge in [0, 0.05) is 31.7 Å². The second-order valence-corrected chi connectivity index (χ2v) is 5.30. The number of rotatable bonds is 8. The van der Waals surface area contributed by atoms with Crippen molar-refractivity contribution in [3.8, 4) is 5.82 Å². The van der Waals surface area contributed by atoms with E-state index < -0.39 is 0 Å². The zero-order chi connectivity index (χ0) is 16.3. The molecule has 2 rings (SSSR count). The topological polar surface area (TPSA) is 67.1 Å². The summed E-state index contributed by atoms with van der Waals surface area (Å²) < 4.78 is 1.75. The Labute approximate surface area is 161 Å². The molecule has 0 amide bonds. The molecule has 2 N–H and O–H groups in total. The Morgan fingerprint density at radius 3 is 2.79 bits per heavy atom. The Bertz CT molecular complexity index is 597. The molecule has 2 aromatic rings. The van der Waals surface area contributed by atoms with Gasteiger partial charge in [-0.15, -0.1) is 24.0 Å². The first-order chi connectivity index (χ1) is 11.3. The minimum absolute atomic E-state index is 0. The molecular weight excluding hydrogens is 415 g/mol. The predicted octanol–water partition coefficient (Wildman–Crippen LogP) is 3.13. The Morgan fingerprint density at radius 2 is 2.08 bits per heavy atom. The van der Waals surface area contributed by atoms with Crippen LogP contribution in [0, 0.1) is 0 Å². The summed E-state index contributed by atoms with van der Waals surface area (Å²) in [5, 5.41) is 10.9. The lowest BCUT2D eigenvalue weighted by molar-refractivity contribution is 0.683. The first-order valence-corrected chi connectivity index (χ1v) is 8.30. The van der Waals surface area contributed by atoms with Gasteiger partial charge in [-0.25, -0.2) is 14.7 Å². The van der Waals surface area contributed by atoms with E-state index in [9.17, 15) is 0 Å². The minimum Gasteiger partial charge on any atom is -0.357 e. The standard InChI is InChI=1S/C17H26N6.HI/c1-3-5-6-9-20-17(18-4-2)21-14-15-8-11-19-16(13-15)23-12-7-10-22-23;/h7-8,10-13H,3-6,9,14H2,1-2H3,(H2,18,20,21);1H. The highest BCUT2D eigenvalue weighted by Crippen LogP contribution is 2.07. The van der Waals surface area contributed by atoms with Crippen molar-refractivity contribution >= 4 is 29.9 Å². The number of halogens is 1.